The van der Waals surface area contributed by atoms with E-state index in [4.69, 9.17) is 4.98 Å². The van der Waals surface area contributed by atoms with Gasteiger partial charge in [-0.1, -0.05) is 5.92 Å². The van der Waals surface area contributed by atoms with Crippen LogP contribution in [0.25, 0.3) is 27.8 Å². The maximum Gasteiger partial charge on any atom is 0.298 e. The molecule has 0 spiro atoms. The van der Waals surface area contributed by atoms with E-state index in [0.717, 1.165) is 46.4 Å². The standard InChI is InChI=1S/C27H24N8O/c1-32-17-23(16-30-32)21-12-24(27-22(13-28)15-31-35(27)18-21)20-5-6-25(29-14-20)33-8-10-34(11-9-33)26(36)7-4-19-2-3-19/h5-6,12,14-19H,2-3,8-11H2,1H3. The third-order valence-corrected chi connectivity index (χ3v) is 6.68. The van der Waals surface area contributed by atoms with Crippen molar-refractivity contribution >= 4 is 17.2 Å². The van der Waals surface area contributed by atoms with Crippen molar-refractivity contribution in [1.82, 2.24) is 29.3 Å². The van der Waals surface area contributed by atoms with Gasteiger partial charge in [-0.15, -0.1) is 0 Å². The molecule has 9 heteroatoms. The maximum atomic E-state index is 12.3. The monoisotopic (exact) mass is 476 g/mol. The summed E-state index contributed by atoms with van der Waals surface area (Å²) in [4.78, 5) is 21.1. The molecule has 4 aromatic heterocycles. The number of hydrogen-bond acceptors (Lipinski definition) is 6. The number of rotatable bonds is 3. The van der Waals surface area contributed by atoms with Crippen LogP contribution in [0.1, 0.15) is 18.4 Å². The van der Waals surface area contributed by atoms with E-state index in [1.807, 2.05) is 48.9 Å². The zero-order valence-electron chi connectivity index (χ0n) is 19.9. The van der Waals surface area contributed by atoms with Crippen LogP contribution in [0.15, 0.2) is 49.2 Å². The molecule has 36 heavy (non-hydrogen) atoms. The van der Waals surface area contributed by atoms with Crippen LogP contribution in [-0.4, -0.2) is 61.4 Å². The summed E-state index contributed by atoms with van der Waals surface area (Å²) in [6, 6.07) is 8.32. The minimum absolute atomic E-state index is 0.0727. The average Bonchev–Trinajstić information content (AvgIpc) is 3.50. The minimum atomic E-state index is -0.0727. The van der Waals surface area contributed by atoms with Gasteiger partial charge in [0.2, 0.25) is 0 Å². The second kappa shape index (κ2) is 8.86. The van der Waals surface area contributed by atoms with Gasteiger partial charge in [0.05, 0.1) is 23.5 Å². The van der Waals surface area contributed by atoms with Crippen LogP contribution >= 0.6 is 0 Å². The first-order valence-corrected chi connectivity index (χ1v) is 12.0. The van der Waals surface area contributed by atoms with E-state index >= 15 is 0 Å². The Morgan fingerprint density at radius 3 is 2.50 bits per heavy atom. The second-order valence-corrected chi connectivity index (χ2v) is 9.24. The number of amides is 1. The van der Waals surface area contributed by atoms with Crippen LogP contribution in [0.2, 0.25) is 0 Å². The quantitative estimate of drug-likeness (QED) is 0.422. The summed E-state index contributed by atoms with van der Waals surface area (Å²) in [5.41, 5.74) is 4.96. The third kappa shape index (κ3) is 4.16. The Morgan fingerprint density at radius 1 is 1.00 bits per heavy atom. The molecule has 1 aliphatic carbocycles. The van der Waals surface area contributed by atoms with Gasteiger partial charge in [0.25, 0.3) is 5.91 Å². The molecule has 1 aliphatic heterocycles. The lowest BCUT2D eigenvalue weighted by Gasteiger charge is -2.34. The van der Waals surface area contributed by atoms with Gasteiger partial charge in [-0.3, -0.25) is 9.48 Å². The van der Waals surface area contributed by atoms with E-state index in [9.17, 15) is 10.1 Å². The first-order valence-electron chi connectivity index (χ1n) is 12.0. The fourth-order valence-electron chi connectivity index (χ4n) is 4.49. The summed E-state index contributed by atoms with van der Waals surface area (Å²) < 4.78 is 3.50. The molecule has 1 saturated carbocycles. The van der Waals surface area contributed by atoms with Crippen molar-refractivity contribution < 1.29 is 4.79 Å². The number of carbonyl (C=O) groups excluding carboxylic acids is 1. The molecule has 1 saturated heterocycles. The molecule has 5 heterocycles. The van der Waals surface area contributed by atoms with Crippen molar-refractivity contribution in [3.05, 3.63) is 54.7 Å². The lowest BCUT2D eigenvalue weighted by atomic mass is 10.0. The molecule has 178 valence electrons. The molecule has 0 bridgehead atoms. The van der Waals surface area contributed by atoms with E-state index in [1.165, 1.54) is 0 Å². The summed E-state index contributed by atoms with van der Waals surface area (Å²) in [6.45, 7) is 2.70. The van der Waals surface area contributed by atoms with Gasteiger partial charge < -0.3 is 9.80 Å². The molecule has 0 atom stereocenters. The molecular weight excluding hydrogens is 452 g/mol. The van der Waals surface area contributed by atoms with E-state index in [0.29, 0.717) is 37.7 Å². The normalized spacial score (nSPS) is 15.4. The third-order valence-electron chi connectivity index (χ3n) is 6.68. The molecule has 2 aliphatic rings. The van der Waals surface area contributed by atoms with E-state index < -0.39 is 0 Å². The summed E-state index contributed by atoms with van der Waals surface area (Å²) in [5, 5.41) is 18.3. The van der Waals surface area contributed by atoms with Crippen LogP contribution in [-0.2, 0) is 11.8 Å². The van der Waals surface area contributed by atoms with Crippen LogP contribution in [0.5, 0.6) is 0 Å². The van der Waals surface area contributed by atoms with Crippen LogP contribution in [0.3, 0.4) is 0 Å². The zero-order valence-corrected chi connectivity index (χ0v) is 19.9. The van der Waals surface area contributed by atoms with Gasteiger partial charge in [-0.25, -0.2) is 9.50 Å². The number of fused-ring (bicyclic) bond motifs is 1. The summed E-state index contributed by atoms with van der Waals surface area (Å²) in [5.74, 6) is 7.07. The van der Waals surface area contributed by atoms with E-state index in [-0.39, 0.29) is 5.91 Å². The molecular formula is C27H24N8O. The molecule has 0 radical (unpaired) electrons. The fourth-order valence-corrected chi connectivity index (χ4v) is 4.49. The molecule has 0 unspecified atom stereocenters. The van der Waals surface area contributed by atoms with Gasteiger partial charge in [0.1, 0.15) is 11.9 Å². The molecule has 9 nitrogen and oxygen atoms in total. The van der Waals surface area contributed by atoms with E-state index in [1.54, 1.807) is 15.4 Å². The topological polar surface area (TPSA) is 95.3 Å². The minimum Gasteiger partial charge on any atom is -0.353 e. The smallest absolute Gasteiger partial charge is 0.298 e. The highest BCUT2D eigenvalue weighted by Gasteiger charge is 2.23. The fraction of sp³-hybridized carbons (Fsp3) is 0.296. The predicted molar refractivity (Wildman–Crippen MR) is 135 cm³/mol. The Labute approximate surface area is 208 Å². The highest BCUT2D eigenvalue weighted by Crippen LogP contribution is 2.32. The van der Waals surface area contributed by atoms with Gasteiger partial charge >= 0.3 is 0 Å². The Balaban J connectivity index is 1.25. The molecule has 4 aromatic rings. The second-order valence-electron chi connectivity index (χ2n) is 9.24. The number of aromatic nitrogens is 5. The summed E-state index contributed by atoms with van der Waals surface area (Å²) in [6.07, 6.45) is 11.3. The molecule has 0 aromatic carbocycles. The highest BCUT2D eigenvalue weighted by molar-refractivity contribution is 5.93. The SMILES string of the molecule is Cn1cc(-c2cc(-c3ccc(N4CCN(C(=O)C#CC5CC5)CC4)nc3)c3c(C#N)cnn3c2)cn1. The Hall–Kier alpha value is -4.63. The number of piperazine rings is 1. The van der Waals surface area contributed by atoms with Gasteiger partial charge in [-0.2, -0.15) is 15.5 Å². The number of hydrogen-bond donors (Lipinski definition) is 0. The van der Waals surface area contributed by atoms with Crippen molar-refractivity contribution in [1.29, 1.82) is 5.26 Å². The number of nitriles is 1. The Kier molecular flexibility index (Phi) is 5.38. The van der Waals surface area contributed by atoms with Crippen molar-refractivity contribution in [3.63, 3.8) is 0 Å². The van der Waals surface area contributed by atoms with Crippen molar-refractivity contribution in [2.75, 3.05) is 31.1 Å². The Morgan fingerprint density at radius 2 is 1.83 bits per heavy atom. The van der Waals surface area contributed by atoms with Crippen LogP contribution in [0.4, 0.5) is 5.82 Å². The number of aryl methyl sites for hydroxylation is 1. The molecule has 2 fully saturated rings. The number of pyridine rings is 2. The lowest BCUT2D eigenvalue weighted by Crippen LogP contribution is -2.48. The van der Waals surface area contributed by atoms with Crippen molar-refractivity contribution in [2.45, 2.75) is 12.8 Å². The van der Waals surface area contributed by atoms with Crippen molar-refractivity contribution in [3.8, 4) is 40.2 Å². The predicted octanol–water partition coefficient (Wildman–Crippen LogP) is 2.73. The first-order chi connectivity index (χ1) is 17.6. The molecule has 0 N–H and O–H groups in total. The van der Waals surface area contributed by atoms with Gasteiger partial charge in [0, 0.05) is 80.0 Å². The van der Waals surface area contributed by atoms with Gasteiger partial charge in [0.15, 0.2) is 0 Å². The maximum absolute atomic E-state index is 12.3. The number of nitrogens with zero attached hydrogens (tertiary/aromatic N) is 8. The van der Waals surface area contributed by atoms with Gasteiger partial charge in [-0.05, 0) is 37.0 Å². The van der Waals surface area contributed by atoms with E-state index in [2.05, 4.69) is 39.1 Å². The van der Waals surface area contributed by atoms with Crippen LogP contribution in [0, 0.1) is 29.1 Å². The molecule has 1 amide bonds. The number of anilines is 1. The first kappa shape index (κ1) is 21.9. The number of carbonyl (C=O) groups is 1. The van der Waals surface area contributed by atoms with Crippen LogP contribution < -0.4 is 4.90 Å². The largest absolute Gasteiger partial charge is 0.353 e. The summed E-state index contributed by atoms with van der Waals surface area (Å²) in [7, 11) is 1.88. The highest BCUT2D eigenvalue weighted by atomic mass is 16.2. The average molecular weight is 477 g/mol. The van der Waals surface area contributed by atoms with Crippen molar-refractivity contribution in [2.24, 2.45) is 13.0 Å². The molecule has 6 rings (SSSR count). The lowest BCUT2D eigenvalue weighted by molar-refractivity contribution is -0.125. The Bertz CT molecular complexity index is 1550. The summed E-state index contributed by atoms with van der Waals surface area (Å²) >= 11 is 0. The zero-order chi connectivity index (χ0) is 24.6.